The molecule has 3 heterocycles. The second kappa shape index (κ2) is 9.87. The van der Waals surface area contributed by atoms with E-state index in [-0.39, 0.29) is 11.9 Å². The van der Waals surface area contributed by atoms with Gasteiger partial charge in [0.2, 0.25) is 5.95 Å². The molecule has 0 aliphatic rings. The van der Waals surface area contributed by atoms with Crippen molar-refractivity contribution in [1.82, 2.24) is 24.3 Å². The van der Waals surface area contributed by atoms with Crippen LogP contribution in [-0.4, -0.2) is 38.3 Å². The molecule has 2 aromatic carbocycles. The molecule has 0 spiro atoms. The molecule has 182 valence electrons. The average molecular weight is 481 g/mol. The number of pyridine rings is 1. The molecule has 0 aliphatic heterocycles. The van der Waals surface area contributed by atoms with Crippen LogP contribution in [0.5, 0.6) is 0 Å². The van der Waals surface area contributed by atoms with Crippen molar-refractivity contribution in [1.29, 1.82) is 0 Å². The van der Waals surface area contributed by atoms with Gasteiger partial charge in [-0.05, 0) is 81.5 Å². The van der Waals surface area contributed by atoms with E-state index in [4.69, 9.17) is 9.97 Å². The van der Waals surface area contributed by atoms with Gasteiger partial charge in [-0.15, -0.1) is 0 Å². The van der Waals surface area contributed by atoms with Crippen molar-refractivity contribution in [2.75, 3.05) is 19.4 Å². The quantitative estimate of drug-likeness (QED) is 0.303. The van der Waals surface area contributed by atoms with E-state index in [2.05, 4.69) is 65.4 Å². The number of nitrogens with one attached hydrogen (secondary N) is 1. The first-order valence-corrected chi connectivity index (χ1v) is 12.0. The summed E-state index contributed by atoms with van der Waals surface area (Å²) >= 11 is 0. The molecule has 0 radical (unpaired) electrons. The second-order valence-electron chi connectivity index (χ2n) is 9.36. The molecule has 0 aliphatic carbocycles. The van der Waals surface area contributed by atoms with Gasteiger partial charge < -0.3 is 10.2 Å². The molecule has 0 saturated carbocycles. The predicted octanol–water partition coefficient (Wildman–Crippen LogP) is 6.14. The molecular formula is C29H29FN6. The highest BCUT2D eigenvalue weighted by Crippen LogP contribution is 2.33. The van der Waals surface area contributed by atoms with Crippen molar-refractivity contribution in [3.63, 3.8) is 0 Å². The van der Waals surface area contributed by atoms with Gasteiger partial charge in [-0.25, -0.2) is 19.3 Å². The standard InChI is InChI=1S/C29H29FN6/c1-19-5-7-22(8-6-19)20(2)32-29-31-15-13-25(33-29)28-27(23-9-11-24(30)12-10-23)34-26-17-21(18-35(3)4)14-16-36(26)28/h5-17,20H,18H2,1-4H3,(H,31,32,33). The van der Waals surface area contributed by atoms with Crippen LogP contribution >= 0.6 is 0 Å². The summed E-state index contributed by atoms with van der Waals surface area (Å²) in [5.41, 5.74) is 7.48. The first-order chi connectivity index (χ1) is 17.4. The molecule has 0 bridgehead atoms. The molecule has 7 heteroatoms. The number of hydrogen-bond donors (Lipinski definition) is 1. The Morgan fingerprint density at radius 2 is 1.72 bits per heavy atom. The Morgan fingerprint density at radius 1 is 0.972 bits per heavy atom. The molecule has 0 saturated heterocycles. The summed E-state index contributed by atoms with van der Waals surface area (Å²) in [7, 11) is 4.08. The number of imidazole rings is 1. The lowest BCUT2D eigenvalue weighted by atomic mass is 10.1. The van der Waals surface area contributed by atoms with Gasteiger partial charge in [0.05, 0.1) is 23.1 Å². The molecule has 5 rings (SSSR count). The molecular weight excluding hydrogens is 451 g/mol. The highest BCUT2D eigenvalue weighted by molar-refractivity contribution is 5.80. The molecule has 1 N–H and O–H groups in total. The summed E-state index contributed by atoms with van der Waals surface area (Å²) in [5.74, 6) is 0.251. The number of hydrogen-bond acceptors (Lipinski definition) is 5. The van der Waals surface area contributed by atoms with Crippen LogP contribution in [0.1, 0.15) is 29.7 Å². The summed E-state index contributed by atoms with van der Waals surface area (Å²) in [5, 5.41) is 3.42. The van der Waals surface area contributed by atoms with Crippen molar-refractivity contribution < 1.29 is 4.39 Å². The maximum atomic E-state index is 13.7. The number of fused-ring (bicyclic) bond motifs is 1. The second-order valence-corrected chi connectivity index (χ2v) is 9.36. The van der Waals surface area contributed by atoms with Crippen molar-refractivity contribution in [3.8, 4) is 22.6 Å². The minimum atomic E-state index is -0.282. The number of rotatable bonds is 7. The van der Waals surface area contributed by atoms with Gasteiger partial charge in [0.15, 0.2) is 0 Å². The lowest BCUT2D eigenvalue weighted by molar-refractivity contribution is 0.402. The van der Waals surface area contributed by atoms with Crippen molar-refractivity contribution in [3.05, 3.63) is 102 Å². The Morgan fingerprint density at radius 3 is 2.44 bits per heavy atom. The molecule has 1 atom stereocenters. The fourth-order valence-electron chi connectivity index (χ4n) is 4.30. The largest absolute Gasteiger partial charge is 0.348 e. The molecule has 0 fully saturated rings. The zero-order valence-corrected chi connectivity index (χ0v) is 20.9. The lowest BCUT2D eigenvalue weighted by Crippen LogP contribution is -2.11. The van der Waals surface area contributed by atoms with Crippen LogP contribution in [0.3, 0.4) is 0 Å². The fourth-order valence-corrected chi connectivity index (χ4v) is 4.30. The van der Waals surface area contributed by atoms with E-state index >= 15 is 0 Å². The van der Waals surface area contributed by atoms with Gasteiger partial charge in [0.1, 0.15) is 11.5 Å². The highest BCUT2D eigenvalue weighted by Gasteiger charge is 2.19. The zero-order valence-electron chi connectivity index (χ0n) is 20.9. The third-order valence-corrected chi connectivity index (χ3v) is 6.13. The van der Waals surface area contributed by atoms with Crippen molar-refractivity contribution in [2.45, 2.75) is 26.4 Å². The predicted molar refractivity (Wildman–Crippen MR) is 142 cm³/mol. The Kier molecular flexibility index (Phi) is 6.48. The van der Waals surface area contributed by atoms with Gasteiger partial charge >= 0.3 is 0 Å². The van der Waals surface area contributed by atoms with E-state index < -0.39 is 0 Å². The first-order valence-electron chi connectivity index (χ1n) is 12.0. The maximum absolute atomic E-state index is 13.7. The highest BCUT2D eigenvalue weighted by atomic mass is 19.1. The molecule has 3 aromatic heterocycles. The van der Waals surface area contributed by atoms with E-state index in [1.807, 2.05) is 30.8 Å². The summed E-state index contributed by atoms with van der Waals surface area (Å²) in [6.45, 7) is 4.97. The summed E-state index contributed by atoms with van der Waals surface area (Å²) in [4.78, 5) is 16.4. The fraction of sp³-hybridized carbons (Fsp3) is 0.207. The van der Waals surface area contributed by atoms with Crippen LogP contribution in [0, 0.1) is 12.7 Å². The molecule has 0 amide bonds. The maximum Gasteiger partial charge on any atom is 0.223 e. The number of benzene rings is 2. The van der Waals surface area contributed by atoms with Crippen LogP contribution in [0.25, 0.3) is 28.3 Å². The van der Waals surface area contributed by atoms with E-state index in [1.54, 1.807) is 18.3 Å². The van der Waals surface area contributed by atoms with Crippen LogP contribution in [0.4, 0.5) is 10.3 Å². The van der Waals surface area contributed by atoms with Crippen LogP contribution in [0.15, 0.2) is 79.1 Å². The topological polar surface area (TPSA) is 58.4 Å². The summed E-state index contributed by atoms with van der Waals surface area (Å²) in [6, 6.07) is 20.9. The van der Waals surface area contributed by atoms with E-state index in [1.165, 1.54) is 17.7 Å². The van der Waals surface area contributed by atoms with Crippen molar-refractivity contribution in [2.24, 2.45) is 0 Å². The molecule has 1 unspecified atom stereocenters. The van der Waals surface area contributed by atoms with E-state index in [0.717, 1.165) is 46.0 Å². The normalized spacial score (nSPS) is 12.3. The van der Waals surface area contributed by atoms with E-state index in [9.17, 15) is 4.39 Å². The van der Waals surface area contributed by atoms with Gasteiger partial charge in [-0.1, -0.05) is 29.8 Å². The number of aryl methyl sites for hydroxylation is 1. The summed E-state index contributed by atoms with van der Waals surface area (Å²) < 4.78 is 15.7. The van der Waals surface area contributed by atoms with Crippen LogP contribution in [-0.2, 0) is 6.54 Å². The molecule has 36 heavy (non-hydrogen) atoms. The lowest BCUT2D eigenvalue weighted by Gasteiger charge is -2.15. The van der Waals surface area contributed by atoms with Gasteiger partial charge in [-0.3, -0.25) is 4.40 Å². The number of anilines is 1. The third-order valence-electron chi connectivity index (χ3n) is 6.13. The smallest absolute Gasteiger partial charge is 0.223 e. The summed E-state index contributed by atoms with van der Waals surface area (Å²) in [6.07, 6.45) is 3.77. The van der Waals surface area contributed by atoms with Gasteiger partial charge in [0.25, 0.3) is 0 Å². The minimum absolute atomic E-state index is 0.0354. The van der Waals surface area contributed by atoms with Crippen LogP contribution < -0.4 is 5.32 Å². The number of aromatic nitrogens is 4. The number of nitrogens with zero attached hydrogens (tertiary/aromatic N) is 5. The SMILES string of the molecule is Cc1ccc(C(C)Nc2nccc(-c3c(-c4ccc(F)cc4)nc4cc(CN(C)C)ccn34)n2)cc1. The van der Waals surface area contributed by atoms with Crippen LogP contribution in [0.2, 0.25) is 0 Å². The molecule has 6 nitrogen and oxygen atoms in total. The Hall–Kier alpha value is -4.10. The molecule has 5 aromatic rings. The Balaban J connectivity index is 1.58. The Bertz CT molecular complexity index is 1490. The first kappa shape index (κ1) is 23.6. The minimum Gasteiger partial charge on any atom is -0.348 e. The monoisotopic (exact) mass is 480 g/mol. The van der Waals surface area contributed by atoms with Crippen molar-refractivity contribution >= 4 is 11.6 Å². The Labute approximate surface area is 210 Å². The third kappa shape index (κ3) is 4.97. The van der Waals surface area contributed by atoms with Gasteiger partial charge in [-0.2, -0.15) is 0 Å². The zero-order chi connectivity index (χ0) is 25.2. The van der Waals surface area contributed by atoms with E-state index in [0.29, 0.717) is 5.95 Å². The average Bonchev–Trinajstić information content (AvgIpc) is 3.23. The number of halogens is 1. The van der Waals surface area contributed by atoms with Gasteiger partial charge in [0, 0.05) is 24.5 Å².